The number of allylic oxidation sites excluding steroid dienone is 2. The van der Waals surface area contributed by atoms with Crippen LogP contribution in [0.15, 0.2) is 48.6 Å². The number of methoxy groups -OCH3 is 3. The van der Waals surface area contributed by atoms with E-state index in [1.807, 2.05) is 24.3 Å². The van der Waals surface area contributed by atoms with Crippen molar-refractivity contribution in [1.82, 2.24) is 0 Å². The van der Waals surface area contributed by atoms with E-state index in [0.29, 0.717) is 17.2 Å². The van der Waals surface area contributed by atoms with Gasteiger partial charge in [0.05, 0.1) is 27.9 Å². The molecule has 2 rings (SSSR count). The lowest BCUT2D eigenvalue weighted by Gasteiger charge is -2.12. The van der Waals surface area contributed by atoms with Crippen molar-refractivity contribution in [2.75, 3.05) is 27.9 Å². The summed E-state index contributed by atoms with van der Waals surface area (Å²) in [5, 5.41) is 0. The third-order valence-electron chi connectivity index (χ3n) is 6.69. The molecule has 0 spiro atoms. The van der Waals surface area contributed by atoms with Gasteiger partial charge in [0.15, 0.2) is 17.3 Å². The molecule has 0 aliphatic rings. The number of rotatable bonds is 21. The van der Waals surface area contributed by atoms with Gasteiger partial charge in [0, 0.05) is 0 Å². The second kappa shape index (κ2) is 19.8. The Kier molecular flexibility index (Phi) is 16.2. The third kappa shape index (κ3) is 12.9. The molecule has 39 heavy (non-hydrogen) atoms. The molecular formula is C34H48O5. The predicted octanol–water partition coefficient (Wildman–Crippen LogP) is 9.09. The van der Waals surface area contributed by atoms with Crippen LogP contribution in [0.4, 0.5) is 0 Å². The van der Waals surface area contributed by atoms with Crippen molar-refractivity contribution in [3.05, 3.63) is 59.7 Å². The molecule has 0 aliphatic carbocycles. The number of carbonyl (C=O) groups excluding carboxylic acids is 1. The van der Waals surface area contributed by atoms with Crippen molar-refractivity contribution in [3.63, 3.8) is 0 Å². The molecule has 2 aromatic carbocycles. The minimum Gasteiger partial charge on any atom is -0.494 e. The molecule has 0 N–H and O–H groups in total. The average Bonchev–Trinajstić information content (AvgIpc) is 2.96. The zero-order valence-corrected chi connectivity index (χ0v) is 24.5. The Bertz CT molecular complexity index is 999. The second-order valence-corrected chi connectivity index (χ2v) is 9.84. The molecule has 5 heteroatoms. The zero-order valence-electron chi connectivity index (χ0n) is 24.5. The molecule has 0 saturated heterocycles. The summed E-state index contributed by atoms with van der Waals surface area (Å²) in [4.78, 5) is 12.4. The van der Waals surface area contributed by atoms with Crippen LogP contribution in [-0.4, -0.2) is 33.7 Å². The normalized spacial score (nSPS) is 11.3. The highest BCUT2D eigenvalue weighted by atomic mass is 16.5. The van der Waals surface area contributed by atoms with Crippen molar-refractivity contribution >= 4 is 17.9 Å². The zero-order chi connectivity index (χ0) is 28.1. The molecule has 2 aromatic rings. The summed E-state index contributed by atoms with van der Waals surface area (Å²) in [5.74, 6) is 2.32. The standard InChI is InChI=1S/C34H48O5/c1-5-6-7-8-9-10-11-12-13-14-15-16-24-39-31-19-17-18-28(25-31)20-22-30(35)23-21-29-26-32(36-2)34(38-4)33(27-29)37-3/h17-23,25-27H,5-16,24H2,1-4H3/b22-20+,23-21+. The van der Waals surface area contributed by atoms with Crippen LogP contribution in [0.5, 0.6) is 23.0 Å². The highest BCUT2D eigenvalue weighted by molar-refractivity contribution is 6.04. The van der Waals surface area contributed by atoms with Crippen molar-refractivity contribution in [1.29, 1.82) is 0 Å². The molecule has 0 bridgehead atoms. The number of ether oxygens (including phenoxy) is 4. The fourth-order valence-corrected chi connectivity index (χ4v) is 4.45. The maximum absolute atomic E-state index is 12.4. The average molecular weight is 537 g/mol. The number of hydrogen-bond donors (Lipinski definition) is 0. The largest absolute Gasteiger partial charge is 0.494 e. The molecule has 0 aromatic heterocycles. The van der Waals surface area contributed by atoms with Gasteiger partial charge in [0.1, 0.15) is 5.75 Å². The second-order valence-electron chi connectivity index (χ2n) is 9.84. The summed E-state index contributed by atoms with van der Waals surface area (Å²) in [6, 6.07) is 11.4. The van der Waals surface area contributed by atoms with Gasteiger partial charge in [0.2, 0.25) is 5.75 Å². The molecular weight excluding hydrogens is 488 g/mol. The van der Waals surface area contributed by atoms with E-state index in [1.54, 1.807) is 51.7 Å². The van der Waals surface area contributed by atoms with Gasteiger partial charge in [-0.3, -0.25) is 4.79 Å². The molecule has 0 heterocycles. The van der Waals surface area contributed by atoms with Crippen molar-refractivity contribution in [3.8, 4) is 23.0 Å². The summed E-state index contributed by atoms with van der Waals surface area (Å²) in [5.41, 5.74) is 1.70. The van der Waals surface area contributed by atoms with Crippen molar-refractivity contribution in [2.45, 2.75) is 84.0 Å². The summed E-state index contributed by atoms with van der Waals surface area (Å²) >= 11 is 0. The highest BCUT2D eigenvalue weighted by Crippen LogP contribution is 2.38. The molecule has 5 nitrogen and oxygen atoms in total. The SMILES string of the molecule is CCCCCCCCCCCCCCOc1cccc(/C=C/C(=O)/C=C/c2cc(OC)c(OC)c(OC)c2)c1. The predicted molar refractivity (Wildman–Crippen MR) is 162 cm³/mol. The summed E-state index contributed by atoms with van der Waals surface area (Å²) in [7, 11) is 4.69. The van der Waals surface area contributed by atoms with Crippen LogP contribution in [-0.2, 0) is 4.79 Å². The first kappa shape index (κ1) is 32.0. The monoisotopic (exact) mass is 536 g/mol. The molecule has 0 atom stereocenters. The Labute approximate surface area is 236 Å². The molecule has 0 unspecified atom stereocenters. The maximum Gasteiger partial charge on any atom is 0.203 e. The number of ketones is 1. The van der Waals surface area contributed by atoms with Gasteiger partial charge in [0.25, 0.3) is 0 Å². The van der Waals surface area contributed by atoms with Gasteiger partial charge in [-0.25, -0.2) is 0 Å². The fourth-order valence-electron chi connectivity index (χ4n) is 4.45. The van der Waals surface area contributed by atoms with Crippen molar-refractivity contribution < 1.29 is 23.7 Å². The first-order chi connectivity index (χ1) is 19.1. The molecule has 214 valence electrons. The van der Waals surface area contributed by atoms with Crippen LogP contribution in [0.1, 0.15) is 95.1 Å². The van der Waals surface area contributed by atoms with E-state index in [2.05, 4.69) is 6.92 Å². The van der Waals surface area contributed by atoms with Gasteiger partial charge in [-0.05, 0) is 54.0 Å². The summed E-state index contributed by atoms with van der Waals surface area (Å²) < 4.78 is 22.0. The van der Waals surface area contributed by atoms with Crippen molar-refractivity contribution in [2.24, 2.45) is 0 Å². The summed E-state index contributed by atoms with van der Waals surface area (Å²) in [6.07, 6.45) is 22.6. The van der Waals surface area contributed by atoms with E-state index in [9.17, 15) is 4.79 Å². The molecule has 0 amide bonds. The maximum atomic E-state index is 12.4. The first-order valence-electron chi connectivity index (χ1n) is 14.5. The smallest absolute Gasteiger partial charge is 0.203 e. The van der Waals surface area contributed by atoms with Crippen LogP contribution in [0.2, 0.25) is 0 Å². The van der Waals surface area contributed by atoms with Crippen LogP contribution in [0.25, 0.3) is 12.2 Å². The lowest BCUT2D eigenvalue weighted by molar-refractivity contribution is -0.110. The van der Waals surface area contributed by atoms with Gasteiger partial charge in [-0.1, -0.05) is 102 Å². The fraction of sp³-hybridized carbons (Fsp3) is 0.500. The van der Waals surface area contributed by atoms with E-state index >= 15 is 0 Å². The first-order valence-corrected chi connectivity index (χ1v) is 14.5. The van der Waals surface area contributed by atoms with Gasteiger partial charge in [-0.15, -0.1) is 0 Å². The van der Waals surface area contributed by atoms with Gasteiger partial charge in [-0.2, -0.15) is 0 Å². The van der Waals surface area contributed by atoms with Crippen LogP contribution < -0.4 is 18.9 Å². The van der Waals surface area contributed by atoms with Gasteiger partial charge >= 0.3 is 0 Å². The molecule has 0 fully saturated rings. The lowest BCUT2D eigenvalue weighted by atomic mass is 10.1. The third-order valence-corrected chi connectivity index (χ3v) is 6.69. The van der Waals surface area contributed by atoms with Gasteiger partial charge < -0.3 is 18.9 Å². The Morgan fingerprint density at radius 2 is 1.21 bits per heavy atom. The summed E-state index contributed by atoms with van der Waals surface area (Å²) in [6.45, 7) is 2.99. The van der Waals surface area contributed by atoms with Crippen LogP contribution in [0, 0.1) is 0 Å². The topological polar surface area (TPSA) is 54.0 Å². The highest BCUT2D eigenvalue weighted by Gasteiger charge is 2.12. The van der Waals surface area contributed by atoms with E-state index in [0.717, 1.165) is 29.9 Å². The molecule has 0 saturated carbocycles. The Balaban J connectivity index is 1.70. The van der Waals surface area contributed by atoms with E-state index < -0.39 is 0 Å². The minimum absolute atomic E-state index is 0.119. The molecule has 0 aliphatic heterocycles. The van der Waals surface area contributed by atoms with E-state index in [-0.39, 0.29) is 5.78 Å². The van der Waals surface area contributed by atoms with Crippen LogP contribution >= 0.6 is 0 Å². The number of benzene rings is 2. The lowest BCUT2D eigenvalue weighted by Crippen LogP contribution is -1.97. The van der Waals surface area contributed by atoms with E-state index in [1.165, 1.54) is 76.7 Å². The minimum atomic E-state index is -0.119. The van der Waals surface area contributed by atoms with Crippen LogP contribution in [0.3, 0.4) is 0 Å². The number of carbonyl (C=O) groups is 1. The molecule has 0 radical (unpaired) electrons. The number of hydrogen-bond acceptors (Lipinski definition) is 5. The Hall–Kier alpha value is -3.21. The van der Waals surface area contributed by atoms with E-state index in [4.69, 9.17) is 18.9 Å². The Morgan fingerprint density at radius 1 is 0.667 bits per heavy atom. The quantitative estimate of drug-likeness (QED) is 0.118. The Morgan fingerprint density at radius 3 is 1.74 bits per heavy atom. The number of unbranched alkanes of at least 4 members (excludes halogenated alkanes) is 11.